The monoisotopic (exact) mass is 555 g/mol. The number of amides is 5. The predicted molar refractivity (Wildman–Crippen MR) is 153 cm³/mol. The first-order valence-electron chi connectivity index (χ1n) is 13.1. The maximum atomic E-state index is 12.4. The van der Waals surface area contributed by atoms with E-state index in [9.17, 15) is 24.4 Å². The Morgan fingerprint density at radius 2 is 1.78 bits per heavy atom. The molecule has 1 aromatic carbocycles. The molecular weight excluding hydrogens is 522 g/mol. The molecule has 0 bridgehead atoms. The van der Waals surface area contributed by atoms with Crippen LogP contribution in [-0.2, 0) is 26.3 Å². The molecule has 0 saturated carbocycles. The third-order valence-corrected chi connectivity index (χ3v) is 7.03. The zero-order chi connectivity index (χ0) is 30.3. The Morgan fingerprint density at radius 3 is 2.39 bits per heavy atom. The van der Waals surface area contributed by atoms with Gasteiger partial charge in [0.15, 0.2) is 0 Å². The third kappa shape index (κ3) is 5.57. The number of allylic oxidation sites excluding steroid dienone is 8. The summed E-state index contributed by atoms with van der Waals surface area (Å²) in [5, 5.41) is 12.7. The number of anilines is 1. The highest BCUT2D eigenvalue weighted by molar-refractivity contribution is 6.28. The Hall–Kier alpha value is -4.91. The molecule has 1 fully saturated rings. The van der Waals surface area contributed by atoms with Gasteiger partial charge in [-0.1, -0.05) is 32.1 Å². The van der Waals surface area contributed by atoms with Gasteiger partial charge in [-0.2, -0.15) is 5.26 Å². The number of carbonyl (C=O) groups is 4. The van der Waals surface area contributed by atoms with Gasteiger partial charge in [0.05, 0.1) is 11.6 Å². The van der Waals surface area contributed by atoms with Gasteiger partial charge in [0.25, 0.3) is 11.8 Å². The number of likely N-dealkylation sites (N-methyl/N-ethyl adjacent to an activating group) is 2. The van der Waals surface area contributed by atoms with E-state index in [1.807, 2.05) is 51.3 Å². The highest BCUT2D eigenvalue weighted by atomic mass is 16.6. The molecule has 0 aromatic heterocycles. The summed E-state index contributed by atoms with van der Waals surface area (Å²) >= 11 is 0. The van der Waals surface area contributed by atoms with Gasteiger partial charge in [-0.15, -0.1) is 0 Å². The summed E-state index contributed by atoms with van der Waals surface area (Å²) < 4.78 is 5.33. The average molecular weight is 556 g/mol. The van der Waals surface area contributed by atoms with Gasteiger partial charge < -0.3 is 15.0 Å². The average Bonchev–Trinajstić information content (AvgIpc) is 3.14. The van der Waals surface area contributed by atoms with Crippen LogP contribution in [0.4, 0.5) is 15.3 Å². The van der Waals surface area contributed by atoms with Crippen LogP contribution in [0.25, 0.3) is 0 Å². The largest absolute Gasteiger partial charge is 0.444 e. The number of urea groups is 1. The molecule has 5 amide bonds. The quantitative estimate of drug-likeness (QED) is 0.328. The molecule has 3 heterocycles. The normalized spacial score (nSPS) is 19.2. The van der Waals surface area contributed by atoms with Crippen molar-refractivity contribution >= 4 is 29.6 Å². The van der Waals surface area contributed by atoms with Crippen LogP contribution in [0.5, 0.6) is 0 Å². The van der Waals surface area contributed by atoms with E-state index in [-0.39, 0.29) is 5.57 Å². The zero-order valence-electron chi connectivity index (χ0n) is 24.2. The first-order valence-corrected chi connectivity index (χ1v) is 13.1. The molecule has 3 aliphatic heterocycles. The lowest BCUT2D eigenvalue weighted by molar-refractivity contribution is -0.134. The summed E-state index contributed by atoms with van der Waals surface area (Å²) in [6, 6.07) is 7.53. The molecule has 1 saturated heterocycles. The van der Waals surface area contributed by atoms with Crippen LogP contribution in [0.2, 0.25) is 0 Å². The number of nitrogens with zero attached hydrogens (tertiary/aromatic N) is 4. The second kappa shape index (κ2) is 10.6. The Bertz CT molecular complexity index is 1520. The molecule has 212 valence electrons. The lowest BCUT2D eigenvalue weighted by Crippen LogP contribution is -2.52. The summed E-state index contributed by atoms with van der Waals surface area (Å²) in [5.41, 5.74) is 3.86. The maximum absolute atomic E-state index is 12.4. The van der Waals surface area contributed by atoms with Crippen LogP contribution in [0, 0.1) is 11.3 Å². The van der Waals surface area contributed by atoms with Crippen molar-refractivity contribution in [2.75, 3.05) is 19.0 Å². The van der Waals surface area contributed by atoms with Crippen LogP contribution in [-0.4, -0.2) is 53.4 Å². The molecule has 3 aliphatic rings. The Balaban J connectivity index is 1.59. The number of barbiturate groups is 1. The first kappa shape index (κ1) is 29.1. The summed E-state index contributed by atoms with van der Waals surface area (Å²) in [4.78, 5) is 52.7. The summed E-state index contributed by atoms with van der Waals surface area (Å²) in [6.45, 7) is 9.96. The molecule has 0 radical (unpaired) electrons. The van der Waals surface area contributed by atoms with Crippen molar-refractivity contribution in [3.63, 3.8) is 0 Å². The highest BCUT2D eigenvalue weighted by Gasteiger charge is 2.41. The van der Waals surface area contributed by atoms with E-state index in [0.29, 0.717) is 17.7 Å². The number of hydrogen-bond acceptors (Lipinski definition) is 7. The van der Waals surface area contributed by atoms with Crippen molar-refractivity contribution in [2.45, 2.75) is 52.2 Å². The van der Waals surface area contributed by atoms with Crippen LogP contribution in [0.3, 0.4) is 0 Å². The summed E-state index contributed by atoms with van der Waals surface area (Å²) in [7, 11) is 2.61. The lowest BCUT2D eigenvalue weighted by Gasteiger charge is -2.28. The predicted octanol–water partition coefficient (Wildman–Crippen LogP) is 4.57. The van der Waals surface area contributed by atoms with E-state index in [4.69, 9.17) is 4.74 Å². The Kier molecular flexibility index (Phi) is 7.50. The van der Waals surface area contributed by atoms with Crippen LogP contribution in [0.15, 0.2) is 77.2 Å². The maximum Gasteiger partial charge on any atom is 0.407 e. The second-order valence-electron chi connectivity index (χ2n) is 11.5. The van der Waals surface area contributed by atoms with Gasteiger partial charge in [0.2, 0.25) is 0 Å². The number of fused-ring (bicyclic) bond motifs is 3. The standard InChI is InChI=1S/C31H33N5O5/c1-30(2,3)41-28(39)33-18-19-11-12-24-23(15-19)31(4,5)25-16-20(13-14-36(24)25)21(17-32)9-8-10-22-26(37)34(6)29(40)35(7)27(22)38/h8-16H,18H2,1-7H3,(H,33,39). The molecule has 0 unspecified atom stereocenters. The van der Waals surface area contributed by atoms with E-state index >= 15 is 0 Å². The number of benzene rings is 1. The SMILES string of the molecule is CN1C(=O)C(=CC=CC(C#N)=C2C=CN3C(=C2)C(C)(C)c2cc(CNC(=O)OC(C)(C)C)ccc23)C(=O)N(C)C1=O. The van der Waals surface area contributed by atoms with Gasteiger partial charge in [0.1, 0.15) is 11.2 Å². The molecular formula is C31H33N5O5. The van der Waals surface area contributed by atoms with E-state index in [1.165, 1.54) is 32.3 Å². The van der Waals surface area contributed by atoms with Gasteiger partial charge in [-0.3, -0.25) is 19.4 Å². The summed E-state index contributed by atoms with van der Waals surface area (Å²) in [5.74, 6) is -1.40. The number of carbonyl (C=O) groups excluding carboxylic acids is 4. The molecule has 10 heteroatoms. The van der Waals surface area contributed by atoms with E-state index in [0.717, 1.165) is 32.3 Å². The van der Waals surface area contributed by atoms with Crippen molar-refractivity contribution < 1.29 is 23.9 Å². The van der Waals surface area contributed by atoms with Crippen LogP contribution in [0.1, 0.15) is 45.7 Å². The molecule has 1 aromatic rings. The topological polar surface area (TPSA) is 123 Å². The Morgan fingerprint density at radius 1 is 1.12 bits per heavy atom. The van der Waals surface area contributed by atoms with Crippen molar-refractivity contribution in [2.24, 2.45) is 0 Å². The highest BCUT2D eigenvalue weighted by Crippen LogP contribution is 2.50. The number of alkyl carbamates (subject to hydrolysis) is 1. The fraction of sp³-hybridized carbons (Fsp3) is 0.323. The van der Waals surface area contributed by atoms with Crippen LogP contribution >= 0.6 is 0 Å². The fourth-order valence-corrected chi connectivity index (χ4v) is 4.82. The van der Waals surface area contributed by atoms with Crippen LogP contribution < -0.4 is 10.2 Å². The van der Waals surface area contributed by atoms with E-state index in [2.05, 4.69) is 36.2 Å². The lowest BCUT2D eigenvalue weighted by atomic mass is 9.82. The minimum atomic E-state index is -0.699. The molecule has 4 rings (SSSR count). The minimum Gasteiger partial charge on any atom is -0.444 e. The molecule has 41 heavy (non-hydrogen) atoms. The second-order valence-corrected chi connectivity index (χ2v) is 11.5. The van der Waals surface area contributed by atoms with E-state index in [1.54, 1.807) is 0 Å². The van der Waals surface area contributed by atoms with Crippen molar-refractivity contribution in [1.82, 2.24) is 15.1 Å². The van der Waals surface area contributed by atoms with Crippen molar-refractivity contribution in [1.29, 1.82) is 5.26 Å². The zero-order valence-corrected chi connectivity index (χ0v) is 24.2. The van der Waals surface area contributed by atoms with Gasteiger partial charge in [0, 0.05) is 43.6 Å². The molecule has 1 N–H and O–H groups in total. The third-order valence-electron chi connectivity index (χ3n) is 7.03. The van der Waals surface area contributed by atoms with Gasteiger partial charge >= 0.3 is 12.1 Å². The van der Waals surface area contributed by atoms with E-state index < -0.39 is 35.0 Å². The van der Waals surface area contributed by atoms with Crippen molar-refractivity contribution in [3.8, 4) is 6.07 Å². The minimum absolute atomic E-state index is 0.166. The molecule has 0 atom stereocenters. The smallest absolute Gasteiger partial charge is 0.407 e. The number of imide groups is 2. The fourth-order valence-electron chi connectivity index (χ4n) is 4.82. The number of ether oxygens (including phenoxy) is 1. The first-order chi connectivity index (χ1) is 19.2. The number of hydrogen-bond donors (Lipinski definition) is 1. The number of nitrogens with one attached hydrogen (secondary N) is 1. The summed E-state index contributed by atoms with van der Waals surface area (Å²) in [6.07, 6.45) is 9.52. The molecule has 10 nitrogen and oxygen atoms in total. The molecule has 0 spiro atoms. The van der Waals surface area contributed by atoms with Crippen molar-refractivity contribution in [3.05, 3.63) is 88.3 Å². The number of nitriles is 1. The Labute approximate surface area is 239 Å². The van der Waals surface area contributed by atoms with Gasteiger partial charge in [-0.05, 0) is 67.8 Å². The molecule has 0 aliphatic carbocycles. The van der Waals surface area contributed by atoms with Gasteiger partial charge in [-0.25, -0.2) is 9.59 Å². The number of rotatable bonds is 4.